The molecule has 1 amide bonds. The molecule has 1 aromatic rings. The van der Waals surface area contributed by atoms with E-state index in [2.05, 4.69) is 32.2 Å². The number of carbonyl (C=O) groups is 1. The van der Waals surface area contributed by atoms with Gasteiger partial charge in [-0.1, -0.05) is 23.8 Å². The van der Waals surface area contributed by atoms with E-state index >= 15 is 0 Å². The molecule has 1 spiro atoms. The predicted octanol–water partition coefficient (Wildman–Crippen LogP) is 3.61. The van der Waals surface area contributed by atoms with Crippen LogP contribution in [0.5, 0.6) is 0 Å². The molecule has 0 aromatic heterocycles. The average molecular weight is 445 g/mol. The molecule has 32 heavy (non-hydrogen) atoms. The fourth-order valence-electron chi connectivity index (χ4n) is 5.24. The van der Waals surface area contributed by atoms with Crippen LogP contribution >= 0.6 is 0 Å². The lowest BCUT2D eigenvalue weighted by Crippen LogP contribution is -2.56. The van der Waals surface area contributed by atoms with E-state index in [1.807, 2.05) is 24.3 Å². The third kappa shape index (κ3) is 4.80. The normalized spacial score (nSPS) is 35.2. The Morgan fingerprint density at radius 2 is 2.03 bits per heavy atom. The van der Waals surface area contributed by atoms with Crippen LogP contribution in [0.15, 0.2) is 35.9 Å². The maximum atomic E-state index is 12.5. The number of nitrogens with one attached hydrogen (secondary N) is 1. The summed E-state index contributed by atoms with van der Waals surface area (Å²) >= 11 is 0. The van der Waals surface area contributed by atoms with Gasteiger partial charge in [0.15, 0.2) is 0 Å². The third-order valence-corrected chi connectivity index (χ3v) is 7.16. The molecule has 3 fully saturated rings. The first-order valence-electron chi connectivity index (χ1n) is 11.5. The largest absolute Gasteiger partial charge is 0.443 e. The molecule has 3 aliphatic rings. The first-order chi connectivity index (χ1) is 15.3. The summed E-state index contributed by atoms with van der Waals surface area (Å²) in [4.78, 5) is 12.5. The van der Waals surface area contributed by atoms with Crippen LogP contribution in [-0.2, 0) is 25.4 Å². The van der Waals surface area contributed by atoms with Crippen molar-refractivity contribution < 1.29 is 23.7 Å². The fraction of sp³-hybridized carbons (Fsp3) is 0.640. The second-order valence-electron chi connectivity index (χ2n) is 9.74. The van der Waals surface area contributed by atoms with Gasteiger partial charge in [-0.15, -0.1) is 0 Å². The van der Waals surface area contributed by atoms with E-state index in [4.69, 9.17) is 24.7 Å². The van der Waals surface area contributed by atoms with Gasteiger partial charge in [-0.2, -0.15) is 0 Å². The van der Waals surface area contributed by atoms with Crippen LogP contribution in [0.3, 0.4) is 0 Å². The number of nitrogens with two attached hydrogens (primary N) is 1. The van der Waals surface area contributed by atoms with Gasteiger partial charge in [-0.25, -0.2) is 4.79 Å². The van der Waals surface area contributed by atoms with Crippen molar-refractivity contribution in [1.29, 1.82) is 0 Å². The molecule has 7 heteroatoms. The molecule has 7 nitrogen and oxygen atoms in total. The van der Waals surface area contributed by atoms with Crippen LogP contribution in [0.2, 0.25) is 0 Å². The SMILES string of the molecule is COC1C(OC(=O)NCCc2ccc(N)cc2)CC[C@]2(CO2)C1[C@@]1(C)O[C@@H]1CC=C(C)C. The van der Waals surface area contributed by atoms with Crippen molar-refractivity contribution in [2.24, 2.45) is 5.92 Å². The molecule has 2 saturated heterocycles. The van der Waals surface area contributed by atoms with E-state index in [0.29, 0.717) is 19.6 Å². The maximum absolute atomic E-state index is 12.5. The summed E-state index contributed by atoms with van der Waals surface area (Å²) in [5.74, 6) is 0.0249. The lowest BCUT2D eigenvalue weighted by molar-refractivity contribution is -0.118. The number of methoxy groups -OCH3 is 1. The third-order valence-electron chi connectivity index (χ3n) is 7.16. The molecule has 1 saturated carbocycles. The molecule has 2 aliphatic heterocycles. The van der Waals surface area contributed by atoms with Crippen LogP contribution in [0, 0.1) is 5.92 Å². The van der Waals surface area contributed by atoms with E-state index in [9.17, 15) is 4.79 Å². The zero-order valence-electron chi connectivity index (χ0n) is 19.6. The molecule has 3 N–H and O–H groups in total. The topological polar surface area (TPSA) is 98.6 Å². The van der Waals surface area contributed by atoms with Crippen LogP contribution in [0.1, 0.15) is 45.6 Å². The lowest BCUT2D eigenvalue weighted by Gasteiger charge is -2.42. The smallest absolute Gasteiger partial charge is 0.407 e. The Kier molecular flexibility index (Phi) is 6.52. The number of benzene rings is 1. The van der Waals surface area contributed by atoms with E-state index in [1.165, 1.54) is 5.57 Å². The van der Waals surface area contributed by atoms with Crippen molar-refractivity contribution in [2.45, 2.75) is 76.0 Å². The van der Waals surface area contributed by atoms with Gasteiger partial charge in [0.25, 0.3) is 0 Å². The summed E-state index contributed by atoms with van der Waals surface area (Å²) in [7, 11) is 1.69. The fourth-order valence-corrected chi connectivity index (χ4v) is 5.24. The van der Waals surface area contributed by atoms with Crippen molar-refractivity contribution in [3.8, 4) is 0 Å². The van der Waals surface area contributed by atoms with Gasteiger partial charge >= 0.3 is 6.09 Å². The molecule has 1 aliphatic carbocycles. The quantitative estimate of drug-likeness (QED) is 0.361. The van der Waals surface area contributed by atoms with E-state index in [-0.39, 0.29) is 35.4 Å². The number of hydrogen-bond donors (Lipinski definition) is 2. The summed E-state index contributed by atoms with van der Waals surface area (Å²) < 4.78 is 23.9. The van der Waals surface area contributed by atoms with Gasteiger partial charge in [0.05, 0.1) is 18.6 Å². The monoisotopic (exact) mass is 444 g/mol. The van der Waals surface area contributed by atoms with Gasteiger partial charge in [-0.3, -0.25) is 0 Å². The van der Waals surface area contributed by atoms with Crippen LogP contribution < -0.4 is 11.1 Å². The number of epoxide rings is 2. The van der Waals surface area contributed by atoms with Crippen molar-refractivity contribution in [1.82, 2.24) is 5.32 Å². The highest BCUT2D eigenvalue weighted by atomic mass is 16.6. The number of allylic oxidation sites excluding steroid dienone is 1. The van der Waals surface area contributed by atoms with Crippen LogP contribution in [-0.4, -0.2) is 55.9 Å². The summed E-state index contributed by atoms with van der Waals surface area (Å²) in [5, 5.41) is 2.87. The summed E-state index contributed by atoms with van der Waals surface area (Å²) in [6.45, 7) is 7.55. The lowest BCUT2D eigenvalue weighted by atomic mass is 9.68. The number of rotatable bonds is 8. The zero-order chi connectivity index (χ0) is 22.9. The van der Waals surface area contributed by atoms with Crippen molar-refractivity contribution in [3.05, 3.63) is 41.5 Å². The Bertz CT molecular complexity index is 846. The summed E-state index contributed by atoms with van der Waals surface area (Å²) in [5.41, 5.74) is 8.28. The predicted molar refractivity (Wildman–Crippen MR) is 122 cm³/mol. The van der Waals surface area contributed by atoms with E-state index in [0.717, 1.165) is 30.5 Å². The number of nitrogen functional groups attached to an aromatic ring is 1. The Morgan fingerprint density at radius 1 is 1.31 bits per heavy atom. The number of anilines is 1. The number of alkyl carbamates (subject to hydrolysis) is 1. The van der Waals surface area contributed by atoms with Gasteiger partial charge < -0.3 is 30.0 Å². The Hall–Kier alpha value is -2.09. The minimum absolute atomic E-state index is 0.0249. The minimum Gasteiger partial charge on any atom is -0.443 e. The molecular weight excluding hydrogens is 408 g/mol. The summed E-state index contributed by atoms with van der Waals surface area (Å²) in [6.07, 6.45) is 4.48. The molecule has 0 radical (unpaired) electrons. The van der Waals surface area contributed by atoms with Gasteiger partial charge in [-0.05, 0) is 64.2 Å². The Morgan fingerprint density at radius 3 is 2.66 bits per heavy atom. The van der Waals surface area contributed by atoms with Crippen molar-refractivity contribution >= 4 is 11.8 Å². The maximum Gasteiger partial charge on any atom is 0.407 e. The molecule has 0 bridgehead atoms. The Labute approximate surface area is 190 Å². The molecular formula is C25H36N2O5. The summed E-state index contributed by atoms with van der Waals surface area (Å²) in [6, 6.07) is 7.65. The van der Waals surface area contributed by atoms with Crippen molar-refractivity contribution in [3.63, 3.8) is 0 Å². The molecule has 3 unspecified atom stereocenters. The highest BCUT2D eigenvalue weighted by Crippen LogP contribution is 2.59. The second-order valence-corrected chi connectivity index (χ2v) is 9.74. The minimum atomic E-state index is -0.415. The molecule has 1 aromatic carbocycles. The first kappa shape index (κ1) is 23.1. The second kappa shape index (κ2) is 9.04. The standard InChI is InChI=1S/C25H36N2O5/c1-16(2)5-10-20-24(3,32-20)22-21(29-4)19(11-13-25(22)15-30-25)31-23(28)27-14-12-17-6-8-18(26)9-7-17/h5-9,19-22H,10-15,26H2,1-4H3,(H,27,28)/t19?,20-,21?,22?,24+,25+/m1/s1. The van der Waals surface area contributed by atoms with Gasteiger partial charge in [0.2, 0.25) is 0 Å². The molecule has 6 atom stereocenters. The van der Waals surface area contributed by atoms with Crippen LogP contribution in [0.25, 0.3) is 0 Å². The highest BCUT2D eigenvalue weighted by Gasteiger charge is 2.72. The number of amides is 1. The molecule has 2 heterocycles. The zero-order valence-corrected chi connectivity index (χ0v) is 19.6. The van der Waals surface area contributed by atoms with Crippen molar-refractivity contribution in [2.75, 3.05) is 26.0 Å². The first-order valence-corrected chi connectivity index (χ1v) is 11.5. The van der Waals surface area contributed by atoms with E-state index in [1.54, 1.807) is 7.11 Å². The molecule has 4 rings (SSSR count). The highest BCUT2D eigenvalue weighted by molar-refractivity contribution is 5.67. The number of hydrogen-bond acceptors (Lipinski definition) is 6. The van der Waals surface area contributed by atoms with Gasteiger partial charge in [0, 0.05) is 19.3 Å². The number of carbonyl (C=O) groups excluding carboxylic acids is 1. The van der Waals surface area contributed by atoms with E-state index < -0.39 is 6.09 Å². The van der Waals surface area contributed by atoms with Crippen LogP contribution in [0.4, 0.5) is 10.5 Å². The average Bonchev–Trinajstić information content (AvgIpc) is 3.66. The molecule has 176 valence electrons. The van der Waals surface area contributed by atoms with Gasteiger partial charge in [0.1, 0.15) is 23.4 Å². The number of ether oxygens (including phenoxy) is 4. The Balaban J connectivity index is 1.35.